The molecule has 1 saturated heterocycles. The fraction of sp³-hybridized carbons (Fsp3) is 0.500. The minimum atomic E-state index is 0. The Kier molecular flexibility index (Phi) is 4.83. The number of nitrogens with two attached hydrogens (primary N) is 1. The summed E-state index contributed by atoms with van der Waals surface area (Å²) in [6.07, 6.45) is 4.25. The maximum atomic E-state index is 5.71. The fourth-order valence-electron chi connectivity index (χ4n) is 1.92. The molecule has 1 aliphatic rings. The molecule has 2 heterocycles. The van der Waals surface area contributed by atoms with E-state index in [9.17, 15) is 0 Å². The molecular weight excluding hydrogens is 277 g/mol. The van der Waals surface area contributed by atoms with Crippen LogP contribution in [0.5, 0.6) is 0 Å². The van der Waals surface area contributed by atoms with Gasteiger partial charge in [-0.3, -0.25) is 0 Å². The van der Waals surface area contributed by atoms with Gasteiger partial charge in [0.15, 0.2) is 0 Å². The van der Waals surface area contributed by atoms with Crippen molar-refractivity contribution in [2.45, 2.75) is 18.9 Å². The minimum Gasteiger partial charge on any atom is -0.352 e. The van der Waals surface area contributed by atoms with Gasteiger partial charge in [0.25, 0.3) is 0 Å². The standard InChI is InChI=1S/C10H14BrN3.ClH/c11-8-3-4-10(13-7-8)14-5-1-2-9(14)6-12;/h3-4,7,9H,1-2,5-6,12H2;1H. The Balaban J connectivity index is 0.00000112. The molecule has 0 bridgehead atoms. The first kappa shape index (κ1) is 12.7. The van der Waals surface area contributed by atoms with Crippen LogP contribution in [-0.2, 0) is 0 Å². The van der Waals surface area contributed by atoms with Gasteiger partial charge in [0.2, 0.25) is 0 Å². The number of hydrogen-bond donors (Lipinski definition) is 1. The van der Waals surface area contributed by atoms with Gasteiger partial charge in [-0.15, -0.1) is 12.4 Å². The maximum Gasteiger partial charge on any atom is 0.128 e. The highest BCUT2D eigenvalue weighted by atomic mass is 79.9. The molecule has 3 nitrogen and oxygen atoms in total. The third-order valence-corrected chi connectivity index (χ3v) is 3.12. The molecule has 0 amide bonds. The molecule has 1 atom stereocenters. The van der Waals surface area contributed by atoms with E-state index in [1.54, 1.807) is 0 Å². The van der Waals surface area contributed by atoms with Crippen molar-refractivity contribution in [3.63, 3.8) is 0 Å². The number of aromatic nitrogens is 1. The quantitative estimate of drug-likeness (QED) is 0.908. The van der Waals surface area contributed by atoms with Crippen molar-refractivity contribution in [3.8, 4) is 0 Å². The Morgan fingerprint density at radius 2 is 2.33 bits per heavy atom. The second kappa shape index (κ2) is 5.68. The molecule has 0 saturated carbocycles. The van der Waals surface area contributed by atoms with Crippen molar-refractivity contribution >= 4 is 34.2 Å². The number of halogens is 2. The molecule has 0 aromatic carbocycles. The van der Waals surface area contributed by atoms with Gasteiger partial charge in [0, 0.05) is 29.8 Å². The molecule has 1 fully saturated rings. The van der Waals surface area contributed by atoms with Crippen LogP contribution in [0.4, 0.5) is 5.82 Å². The molecule has 1 aliphatic heterocycles. The third kappa shape index (κ3) is 2.83. The van der Waals surface area contributed by atoms with Gasteiger partial charge in [-0.25, -0.2) is 4.98 Å². The monoisotopic (exact) mass is 291 g/mol. The fourth-order valence-corrected chi connectivity index (χ4v) is 2.15. The molecule has 5 heteroatoms. The Morgan fingerprint density at radius 3 is 2.93 bits per heavy atom. The van der Waals surface area contributed by atoms with Crippen molar-refractivity contribution < 1.29 is 0 Å². The molecule has 1 aromatic rings. The van der Waals surface area contributed by atoms with Crippen LogP contribution >= 0.6 is 28.3 Å². The average molecular weight is 293 g/mol. The normalized spacial score (nSPS) is 20.1. The summed E-state index contributed by atoms with van der Waals surface area (Å²) in [6, 6.07) is 4.54. The summed E-state index contributed by atoms with van der Waals surface area (Å²) in [5.74, 6) is 1.04. The highest BCUT2D eigenvalue weighted by Gasteiger charge is 2.23. The lowest BCUT2D eigenvalue weighted by Gasteiger charge is -2.24. The molecule has 0 aliphatic carbocycles. The van der Waals surface area contributed by atoms with Gasteiger partial charge in [-0.1, -0.05) is 0 Å². The summed E-state index contributed by atoms with van der Waals surface area (Å²) in [5.41, 5.74) is 5.71. The zero-order chi connectivity index (χ0) is 9.97. The second-order valence-electron chi connectivity index (χ2n) is 3.56. The first-order valence-corrected chi connectivity index (χ1v) is 5.69. The molecule has 2 rings (SSSR count). The lowest BCUT2D eigenvalue weighted by Crippen LogP contribution is -2.35. The van der Waals surface area contributed by atoms with Crippen molar-refractivity contribution in [2.75, 3.05) is 18.0 Å². The number of hydrogen-bond acceptors (Lipinski definition) is 3. The van der Waals surface area contributed by atoms with Crippen LogP contribution in [0.3, 0.4) is 0 Å². The highest BCUT2D eigenvalue weighted by molar-refractivity contribution is 9.10. The van der Waals surface area contributed by atoms with E-state index < -0.39 is 0 Å². The van der Waals surface area contributed by atoms with Crippen LogP contribution in [0.15, 0.2) is 22.8 Å². The Bertz CT molecular complexity index is 304. The summed E-state index contributed by atoms with van der Waals surface area (Å²) < 4.78 is 1.02. The minimum absolute atomic E-state index is 0. The highest BCUT2D eigenvalue weighted by Crippen LogP contribution is 2.23. The van der Waals surface area contributed by atoms with Crippen molar-refractivity contribution in [3.05, 3.63) is 22.8 Å². The van der Waals surface area contributed by atoms with Crippen LogP contribution in [0.25, 0.3) is 0 Å². The van der Waals surface area contributed by atoms with Gasteiger partial charge in [0.05, 0.1) is 0 Å². The van der Waals surface area contributed by atoms with Gasteiger partial charge >= 0.3 is 0 Å². The topological polar surface area (TPSA) is 42.1 Å². The summed E-state index contributed by atoms with van der Waals surface area (Å²) in [7, 11) is 0. The van der Waals surface area contributed by atoms with Gasteiger partial charge < -0.3 is 10.6 Å². The number of nitrogens with zero attached hydrogens (tertiary/aromatic N) is 2. The molecule has 84 valence electrons. The first-order chi connectivity index (χ1) is 6.81. The second-order valence-corrected chi connectivity index (χ2v) is 4.48. The molecule has 1 unspecified atom stereocenters. The van der Waals surface area contributed by atoms with Crippen molar-refractivity contribution in [2.24, 2.45) is 5.73 Å². The lowest BCUT2D eigenvalue weighted by molar-refractivity contribution is 0.671. The first-order valence-electron chi connectivity index (χ1n) is 4.89. The number of rotatable bonds is 2. The number of pyridine rings is 1. The SMILES string of the molecule is Cl.NCC1CCCN1c1ccc(Br)cn1. The Morgan fingerprint density at radius 1 is 1.53 bits per heavy atom. The van der Waals surface area contributed by atoms with Gasteiger partial charge in [-0.2, -0.15) is 0 Å². The molecule has 0 spiro atoms. The molecule has 15 heavy (non-hydrogen) atoms. The van der Waals surface area contributed by atoms with E-state index in [0.29, 0.717) is 6.04 Å². The average Bonchev–Trinajstić information content (AvgIpc) is 2.67. The van der Waals surface area contributed by atoms with Crippen LogP contribution in [0.1, 0.15) is 12.8 Å². The summed E-state index contributed by atoms with van der Waals surface area (Å²) in [6.45, 7) is 1.80. The van der Waals surface area contributed by atoms with Crippen molar-refractivity contribution in [1.82, 2.24) is 4.98 Å². The predicted molar refractivity (Wildman–Crippen MR) is 68.6 cm³/mol. The molecule has 2 N–H and O–H groups in total. The Hall–Kier alpha value is -0.320. The van der Waals surface area contributed by atoms with E-state index in [0.717, 1.165) is 23.4 Å². The van der Waals surface area contributed by atoms with Crippen LogP contribution in [0.2, 0.25) is 0 Å². The van der Waals surface area contributed by atoms with E-state index in [4.69, 9.17) is 5.73 Å². The predicted octanol–water partition coefficient (Wildman–Crippen LogP) is 2.19. The van der Waals surface area contributed by atoms with Crippen LogP contribution < -0.4 is 10.6 Å². The third-order valence-electron chi connectivity index (χ3n) is 2.66. The van der Waals surface area contributed by atoms with Gasteiger partial charge in [0.1, 0.15) is 5.82 Å². The van der Waals surface area contributed by atoms with Crippen LogP contribution in [-0.4, -0.2) is 24.1 Å². The molecular formula is C10H15BrClN3. The molecule has 0 radical (unpaired) electrons. The zero-order valence-corrected chi connectivity index (χ0v) is 10.8. The van der Waals surface area contributed by atoms with E-state index >= 15 is 0 Å². The summed E-state index contributed by atoms with van der Waals surface area (Å²) in [4.78, 5) is 6.68. The van der Waals surface area contributed by atoms with Gasteiger partial charge in [-0.05, 0) is 40.9 Å². The van der Waals surface area contributed by atoms with E-state index in [-0.39, 0.29) is 12.4 Å². The lowest BCUT2D eigenvalue weighted by atomic mass is 10.2. The maximum absolute atomic E-state index is 5.71. The van der Waals surface area contributed by atoms with E-state index in [1.807, 2.05) is 18.3 Å². The van der Waals surface area contributed by atoms with E-state index in [2.05, 4.69) is 25.8 Å². The summed E-state index contributed by atoms with van der Waals surface area (Å²) in [5, 5.41) is 0. The molecule has 1 aromatic heterocycles. The zero-order valence-electron chi connectivity index (χ0n) is 8.40. The largest absolute Gasteiger partial charge is 0.352 e. The van der Waals surface area contributed by atoms with E-state index in [1.165, 1.54) is 12.8 Å². The smallest absolute Gasteiger partial charge is 0.128 e. The number of anilines is 1. The Labute approximate surface area is 105 Å². The summed E-state index contributed by atoms with van der Waals surface area (Å²) >= 11 is 3.38. The van der Waals surface area contributed by atoms with Crippen LogP contribution in [0, 0.1) is 0 Å². The van der Waals surface area contributed by atoms with Crippen molar-refractivity contribution in [1.29, 1.82) is 0 Å².